The molecule has 1 aromatic carbocycles. The minimum Gasteiger partial charge on any atom is -0.465 e. The third-order valence-electron chi connectivity index (χ3n) is 2.67. The lowest BCUT2D eigenvalue weighted by atomic mass is 10.3. The Morgan fingerprint density at radius 3 is 2.48 bits per heavy atom. The van der Waals surface area contributed by atoms with Crippen molar-refractivity contribution in [1.29, 1.82) is 0 Å². The van der Waals surface area contributed by atoms with Gasteiger partial charge in [0.2, 0.25) is 10.0 Å². The van der Waals surface area contributed by atoms with E-state index in [9.17, 15) is 22.0 Å². The average molecular weight is 322 g/mol. The first kappa shape index (κ1) is 17.3. The van der Waals surface area contributed by atoms with Gasteiger partial charge in [-0.1, -0.05) is 6.92 Å². The first-order valence-electron chi connectivity index (χ1n) is 6.14. The summed E-state index contributed by atoms with van der Waals surface area (Å²) in [6.45, 7) is 2.49. The number of ether oxygens (including phenoxy) is 1. The van der Waals surface area contributed by atoms with Gasteiger partial charge in [-0.25, -0.2) is 17.2 Å². The predicted molar refractivity (Wildman–Crippen MR) is 71.8 cm³/mol. The number of nitrogens with zero attached hydrogens (tertiary/aromatic N) is 1. The molecule has 0 spiro atoms. The summed E-state index contributed by atoms with van der Waals surface area (Å²) in [4.78, 5) is 10.6. The van der Waals surface area contributed by atoms with Crippen molar-refractivity contribution >= 4 is 21.7 Å². The zero-order valence-electron chi connectivity index (χ0n) is 11.6. The monoisotopic (exact) mass is 322 g/mol. The molecule has 0 saturated heterocycles. The van der Waals surface area contributed by atoms with E-state index in [0.29, 0.717) is 0 Å². The molecule has 0 bridgehead atoms. The van der Waals surface area contributed by atoms with Crippen LogP contribution in [0.1, 0.15) is 13.8 Å². The molecule has 0 unspecified atom stereocenters. The maximum absolute atomic E-state index is 13.9. The van der Waals surface area contributed by atoms with Crippen LogP contribution in [0.4, 0.5) is 14.5 Å². The zero-order chi connectivity index (χ0) is 16.2. The molecule has 0 aromatic heterocycles. The molecule has 118 valence electrons. The number of esters is 1. The van der Waals surface area contributed by atoms with Gasteiger partial charge < -0.3 is 10.5 Å². The first-order chi connectivity index (χ1) is 9.75. The molecule has 21 heavy (non-hydrogen) atoms. The number of nitrogens with two attached hydrogens (primary N) is 1. The van der Waals surface area contributed by atoms with E-state index in [2.05, 4.69) is 4.74 Å². The van der Waals surface area contributed by atoms with Gasteiger partial charge in [-0.05, 0) is 19.1 Å². The number of nitrogen functional groups attached to an aromatic ring is 1. The standard InChI is InChI=1S/C12H16F2N2O4S/c1-3-16(7-10(17)20-4-2)21(18,19)9-6-5-8(13)12(15)11(9)14/h5-6H,3-4,7,15H2,1-2H3. The highest BCUT2D eigenvalue weighted by molar-refractivity contribution is 7.89. The lowest BCUT2D eigenvalue weighted by molar-refractivity contribution is -0.143. The highest BCUT2D eigenvalue weighted by Crippen LogP contribution is 2.25. The van der Waals surface area contributed by atoms with E-state index in [1.165, 1.54) is 6.92 Å². The molecule has 0 saturated carbocycles. The Hall–Kier alpha value is -1.74. The minimum atomic E-state index is -4.32. The molecule has 1 aromatic rings. The lowest BCUT2D eigenvalue weighted by Crippen LogP contribution is -2.36. The largest absolute Gasteiger partial charge is 0.465 e. The quantitative estimate of drug-likeness (QED) is 0.626. The molecule has 9 heteroatoms. The summed E-state index contributed by atoms with van der Waals surface area (Å²) in [5.74, 6) is -3.20. The third kappa shape index (κ3) is 3.67. The van der Waals surface area contributed by atoms with Crippen LogP contribution in [0.15, 0.2) is 17.0 Å². The fourth-order valence-electron chi connectivity index (χ4n) is 1.61. The van der Waals surface area contributed by atoms with Crippen LogP contribution in [0.2, 0.25) is 0 Å². The van der Waals surface area contributed by atoms with E-state index in [0.717, 1.165) is 16.4 Å². The Balaban J connectivity index is 3.19. The van der Waals surface area contributed by atoms with Crippen molar-refractivity contribution in [2.24, 2.45) is 0 Å². The summed E-state index contributed by atoms with van der Waals surface area (Å²) in [7, 11) is -4.32. The summed E-state index contributed by atoms with van der Waals surface area (Å²) in [6.07, 6.45) is 0. The highest BCUT2D eigenvalue weighted by Gasteiger charge is 2.30. The second kappa shape index (κ2) is 6.81. The van der Waals surface area contributed by atoms with E-state index in [1.54, 1.807) is 6.92 Å². The molecule has 0 fully saturated rings. The molecule has 0 heterocycles. The second-order valence-corrected chi connectivity index (χ2v) is 5.92. The van der Waals surface area contributed by atoms with Gasteiger partial charge in [0, 0.05) is 6.54 Å². The number of carbonyl (C=O) groups is 1. The predicted octanol–water partition coefficient (Wildman–Crippen LogP) is 1.12. The zero-order valence-corrected chi connectivity index (χ0v) is 12.4. The fraction of sp³-hybridized carbons (Fsp3) is 0.417. The fourth-order valence-corrected chi connectivity index (χ4v) is 3.07. The molecule has 0 atom stereocenters. The van der Waals surface area contributed by atoms with Gasteiger partial charge in [-0.15, -0.1) is 0 Å². The number of anilines is 1. The van der Waals surface area contributed by atoms with Crippen molar-refractivity contribution in [1.82, 2.24) is 4.31 Å². The summed E-state index contributed by atoms with van der Waals surface area (Å²) in [5, 5.41) is 0. The molecule has 1 rings (SSSR count). The van der Waals surface area contributed by atoms with Crippen molar-refractivity contribution in [2.75, 3.05) is 25.4 Å². The van der Waals surface area contributed by atoms with Crippen LogP contribution in [0.3, 0.4) is 0 Å². The van der Waals surface area contributed by atoms with Gasteiger partial charge in [0.15, 0.2) is 5.82 Å². The highest BCUT2D eigenvalue weighted by atomic mass is 32.2. The molecule has 0 aliphatic rings. The topological polar surface area (TPSA) is 89.7 Å². The Kier molecular flexibility index (Phi) is 5.62. The Bertz CT molecular complexity index is 634. The molecule has 0 aliphatic carbocycles. The van der Waals surface area contributed by atoms with Crippen LogP contribution in [0.5, 0.6) is 0 Å². The second-order valence-electron chi connectivity index (χ2n) is 4.01. The molecule has 2 N–H and O–H groups in total. The maximum atomic E-state index is 13.9. The van der Waals surface area contributed by atoms with Crippen LogP contribution < -0.4 is 5.73 Å². The summed E-state index contributed by atoms with van der Waals surface area (Å²) in [5.41, 5.74) is 4.26. The smallest absolute Gasteiger partial charge is 0.321 e. The van der Waals surface area contributed by atoms with Crippen molar-refractivity contribution in [3.8, 4) is 0 Å². The van der Waals surface area contributed by atoms with Gasteiger partial charge in [0.1, 0.15) is 22.9 Å². The summed E-state index contributed by atoms with van der Waals surface area (Å²) >= 11 is 0. The van der Waals surface area contributed by atoms with Crippen molar-refractivity contribution in [3.63, 3.8) is 0 Å². The van der Waals surface area contributed by atoms with Crippen LogP contribution in [-0.2, 0) is 19.6 Å². The number of rotatable bonds is 6. The van der Waals surface area contributed by atoms with E-state index >= 15 is 0 Å². The molecular weight excluding hydrogens is 306 g/mol. The molecule has 0 aliphatic heterocycles. The number of carbonyl (C=O) groups excluding carboxylic acids is 1. The SMILES string of the molecule is CCOC(=O)CN(CC)S(=O)(=O)c1ccc(F)c(N)c1F. The molecule has 0 amide bonds. The van der Waals surface area contributed by atoms with Gasteiger partial charge in [0.05, 0.1) is 6.61 Å². The number of likely N-dealkylation sites (N-methyl/N-ethyl adjacent to an activating group) is 1. The van der Waals surface area contributed by atoms with Crippen molar-refractivity contribution < 1.29 is 26.7 Å². The molecule has 0 radical (unpaired) electrons. The van der Waals surface area contributed by atoms with Crippen LogP contribution >= 0.6 is 0 Å². The number of hydrogen-bond donors (Lipinski definition) is 1. The molecule has 6 nitrogen and oxygen atoms in total. The number of hydrogen-bond acceptors (Lipinski definition) is 5. The van der Waals surface area contributed by atoms with E-state index in [4.69, 9.17) is 5.73 Å². The normalized spacial score (nSPS) is 11.7. The summed E-state index contributed by atoms with van der Waals surface area (Å²) < 4.78 is 56.9. The Morgan fingerprint density at radius 1 is 1.33 bits per heavy atom. The van der Waals surface area contributed by atoms with Gasteiger partial charge in [-0.3, -0.25) is 4.79 Å². The minimum absolute atomic E-state index is 0.0854. The maximum Gasteiger partial charge on any atom is 0.321 e. The lowest BCUT2D eigenvalue weighted by Gasteiger charge is -2.20. The third-order valence-corrected chi connectivity index (χ3v) is 4.61. The summed E-state index contributed by atoms with van der Waals surface area (Å²) in [6, 6.07) is 1.52. The van der Waals surface area contributed by atoms with Crippen LogP contribution in [-0.4, -0.2) is 38.4 Å². The molecular formula is C12H16F2N2O4S. The number of halogens is 2. The van der Waals surface area contributed by atoms with E-state index < -0.39 is 44.8 Å². The van der Waals surface area contributed by atoms with Crippen molar-refractivity contribution in [3.05, 3.63) is 23.8 Å². The van der Waals surface area contributed by atoms with E-state index in [1.807, 2.05) is 0 Å². The van der Waals surface area contributed by atoms with Crippen LogP contribution in [0, 0.1) is 11.6 Å². The van der Waals surface area contributed by atoms with Gasteiger partial charge in [-0.2, -0.15) is 4.31 Å². The van der Waals surface area contributed by atoms with Gasteiger partial charge >= 0.3 is 5.97 Å². The van der Waals surface area contributed by atoms with Crippen LogP contribution in [0.25, 0.3) is 0 Å². The van der Waals surface area contributed by atoms with Crippen molar-refractivity contribution in [2.45, 2.75) is 18.7 Å². The van der Waals surface area contributed by atoms with Gasteiger partial charge in [0.25, 0.3) is 0 Å². The average Bonchev–Trinajstić information content (AvgIpc) is 2.42. The number of benzene rings is 1. The van der Waals surface area contributed by atoms with E-state index in [-0.39, 0.29) is 13.2 Å². The Morgan fingerprint density at radius 2 is 1.95 bits per heavy atom. The number of sulfonamides is 1. The first-order valence-corrected chi connectivity index (χ1v) is 7.58. The Labute approximate surface area is 121 Å².